The number of hydrogen-bond acceptors (Lipinski definition) is 4. The summed E-state index contributed by atoms with van der Waals surface area (Å²) in [5.74, 6) is -3.92. The van der Waals surface area contributed by atoms with Gasteiger partial charge in [-0.1, -0.05) is 46.4 Å². The minimum atomic E-state index is -2.01. The van der Waals surface area contributed by atoms with Crippen molar-refractivity contribution < 1.29 is 14.5 Å². The molecule has 1 aromatic rings. The van der Waals surface area contributed by atoms with Crippen molar-refractivity contribution in [2.75, 3.05) is 4.90 Å². The van der Waals surface area contributed by atoms with Gasteiger partial charge in [-0.2, -0.15) is 0 Å². The van der Waals surface area contributed by atoms with Gasteiger partial charge in [0.1, 0.15) is 9.75 Å². The predicted octanol–water partition coefficient (Wildman–Crippen LogP) is 4.85. The molecule has 0 aromatic heterocycles. The smallest absolute Gasteiger partial charge is 0.269 e. The Morgan fingerprint density at radius 3 is 1.86 bits per heavy atom. The van der Waals surface area contributed by atoms with E-state index in [1.54, 1.807) is 0 Å². The fourth-order valence-corrected chi connectivity index (χ4v) is 7.17. The Balaban J connectivity index is 1.87. The maximum atomic E-state index is 13.2. The molecule has 148 valence electrons. The molecule has 2 fully saturated rings. The van der Waals surface area contributed by atoms with E-state index in [-0.39, 0.29) is 21.4 Å². The van der Waals surface area contributed by atoms with Gasteiger partial charge in [0.05, 0.1) is 32.5 Å². The molecular weight excluding hydrogens is 497 g/mol. The number of imide groups is 1. The molecule has 1 aliphatic heterocycles. The number of anilines is 1. The van der Waals surface area contributed by atoms with E-state index in [9.17, 15) is 19.7 Å². The minimum Gasteiger partial charge on any atom is -0.274 e. The second kappa shape index (κ2) is 5.90. The van der Waals surface area contributed by atoms with Crippen molar-refractivity contribution in [2.45, 2.75) is 21.0 Å². The van der Waals surface area contributed by atoms with Gasteiger partial charge in [0.25, 0.3) is 5.69 Å². The first-order valence-corrected chi connectivity index (χ1v) is 10.0. The number of amides is 2. The van der Waals surface area contributed by atoms with E-state index >= 15 is 0 Å². The molecule has 28 heavy (non-hydrogen) atoms. The first-order chi connectivity index (χ1) is 12.8. The summed E-state index contributed by atoms with van der Waals surface area (Å²) in [4.78, 5) is 33.9. The maximum absolute atomic E-state index is 13.2. The molecule has 6 nitrogen and oxygen atoms in total. The number of halogens is 6. The highest BCUT2D eigenvalue weighted by Crippen LogP contribution is 2.77. The zero-order valence-electron chi connectivity index (χ0n) is 13.7. The number of allylic oxidation sites excluding steroid dienone is 2. The SMILES string of the molecule is Cc1cc([N+](=O)[O-])ccc1N1C(=O)[C@H]2[C@H](C1=O)[C@@]1(Cl)C(Cl)=C(Cl)[C@@]2(Cl)C1(Cl)Cl. The Bertz CT molecular complexity index is 980. The number of fused-ring (bicyclic) bond motifs is 5. The summed E-state index contributed by atoms with van der Waals surface area (Å²) in [5, 5.41) is 10.6. The van der Waals surface area contributed by atoms with E-state index in [0.29, 0.717) is 5.56 Å². The van der Waals surface area contributed by atoms with Gasteiger partial charge in [-0.3, -0.25) is 19.7 Å². The third-order valence-electron chi connectivity index (χ3n) is 5.54. The topological polar surface area (TPSA) is 80.5 Å². The van der Waals surface area contributed by atoms with Crippen LogP contribution in [0.3, 0.4) is 0 Å². The Kier molecular flexibility index (Phi) is 4.32. The number of carbonyl (C=O) groups excluding carboxylic acids is 2. The zero-order valence-corrected chi connectivity index (χ0v) is 18.2. The van der Waals surface area contributed by atoms with E-state index in [2.05, 4.69) is 0 Å². The fraction of sp³-hybridized carbons (Fsp3) is 0.375. The molecule has 4 atom stereocenters. The highest BCUT2D eigenvalue weighted by molar-refractivity contribution is 6.67. The second-order valence-electron chi connectivity index (χ2n) is 6.82. The molecule has 2 bridgehead atoms. The number of nitro groups is 1. The van der Waals surface area contributed by atoms with Crippen molar-refractivity contribution in [1.82, 2.24) is 0 Å². The van der Waals surface area contributed by atoms with Gasteiger partial charge in [0.15, 0.2) is 4.33 Å². The summed E-state index contributed by atoms with van der Waals surface area (Å²) in [5.41, 5.74) is 0.317. The lowest BCUT2D eigenvalue weighted by Crippen LogP contribution is -2.50. The predicted molar refractivity (Wildman–Crippen MR) is 108 cm³/mol. The molecule has 12 heteroatoms. The number of alkyl halides is 4. The van der Waals surface area contributed by atoms with Gasteiger partial charge in [-0.15, -0.1) is 23.2 Å². The first kappa shape index (κ1) is 20.5. The first-order valence-electron chi connectivity index (χ1n) is 7.78. The Hall–Kier alpha value is -0.760. The number of rotatable bonds is 2. The van der Waals surface area contributed by atoms with Gasteiger partial charge < -0.3 is 0 Å². The van der Waals surface area contributed by atoms with Crippen LogP contribution in [0.5, 0.6) is 0 Å². The molecule has 0 unspecified atom stereocenters. The average Bonchev–Trinajstić information content (AvgIpc) is 3.00. The van der Waals surface area contributed by atoms with E-state index in [1.807, 2.05) is 0 Å². The minimum absolute atomic E-state index is 0.164. The number of nitrogens with zero attached hydrogens (tertiary/aromatic N) is 2. The molecule has 2 amide bonds. The summed E-state index contributed by atoms with van der Waals surface area (Å²) < 4.78 is -2.01. The lowest BCUT2D eigenvalue weighted by molar-refractivity contribution is -0.384. The number of carbonyl (C=O) groups is 2. The van der Waals surface area contributed by atoms with E-state index in [0.717, 1.165) is 4.90 Å². The molecule has 4 rings (SSSR count). The van der Waals surface area contributed by atoms with Crippen LogP contribution in [0, 0.1) is 28.9 Å². The van der Waals surface area contributed by atoms with Crippen LogP contribution >= 0.6 is 69.6 Å². The normalized spacial score (nSPS) is 35.8. The molecule has 2 aliphatic carbocycles. The molecular formula is C16H8Cl6N2O4. The van der Waals surface area contributed by atoms with Gasteiger partial charge in [-0.25, -0.2) is 4.90 Å². The lowest BCUT2D eigenvalue weighted by atomic mass is 9.84. The van der Waals surface area contributed by atoms with Crippen LogP contribution in [-0.4, -0.2) is 30.8 Å². The quantitative estimate of drug-likeness (QED) is 0.249. The average molecular weight is 505 g/mol. The number of nitro benzene ring substituents is 1. The molecule has 0 spiro atoms. The molecule has 1 saturated carbocycles. The van der Waals surface area contributed by atoms with Crippen LogP contribution in [0.4, 0.5) is 11.4 Å². The molecule has 3 aliphatic rings. The monoisotopic (exact) mass is 502 g/mol. The Morgan fingerprint density at radius 2 is 1.46 bits per heavy atom. The molecule has 1 saturated heterocycles. The van der Waals surface area contributed by atoms with Crippen molar-refractivity contribution in [3.63, 3.8) is 0 Å². The van der Waals surface area contributed by atoms with Gasteiger partial charge in [0.2, 0.25) is 11.8 Å². The number of non-ortho nitro benzene ring substituents is 1. The van der Waals surface area contributed by atoms with Crippen molar-refractivity contribution in [3.05, 3.63) is 43.9 Å². The van der Waals surface area contributed by atoms with Gasteiger partial charge in [0, 0.05) is 12.1 Å². The summed E-state index contributed by atoms with van der Waals surface area (Å²) in [6.45, 7) is 1.53. The standard InChI is InChI=1S/C16H8Cl6N2O4/c1-5-4-6(24(27)28)2-3-7(5)23-12(25)8-9(13(23)26)15(20)11(18)10(17)14(8,19)16(15,21)22/h2-4,8-9H,1H3/t8-,9-,14-,15-/m1/s1. The molecule has 0 N–H and O–H groups in total. The highest BCUT2D eigenvalue weighted by Gasteiger charge is 2.87. The van der Waals surface area contributed by atoms with Crippen molar-refractivity contribution in [1.29, 1.82) is 0 Å². The second-order valence-corrected chi connectivity index (χ2v) is 10.1. The molecule has 1 aromatic carbocycles. The van der Waals surface area contributed by atoms with Crippen molar-refractivity contribution in [3.8, 4) is 0 Å². The Labute approximate surface area is 188 Å². The number of aryl methyl sites for hydroxylation is 1. The summed E-state index contributed by atoms with van der Waals surface area (Å²) >= 11 is 38.6. The van der Waals surface area contributed by atoms with E-state index in [1.165, 1.54) is 25.1 Å². The molecule has 0 radical (unpaired) electrons. The van der Waals surface area contributed by atoms with Crippen LogP contribution in [0.1, 0.15) is 5.56 Å². The molecule has 1 heterocycles. The van der Waals surface area contributed by atoms with Crippen LogP contribution < -0.4 is 4.90 Å². The summed E-state index contributed by atoms with van der Waals surface area (Å²) in [6, 6.07) is 3.74. The van der Waals surface area contributed by atoms with Crippen molar-refractivity contribution in [2.24, 2.45) is 11.8 Å². The lowest BCUT2D eigenvalue weighted by Gasteiger charge is -2.34. The zero-order chi connectivity index (χ0) is 21.0. The number of hydrogen-bond donors (Lipinski definition) is 0. The highest BCUT2D eigenvalue weighted by atomic mass is 35.5. The van der Waals surface area contributed by atoms with Crippen LogP contribution in [-0.2, 0) is 9.59 Å². The maximum Gasteiger partial charge on any atom is 0.269 e. The van der Waals surface area contributed by atoms with Gasteiger partial charge >= 0.3 is 0 Å². The fourth-order valence-electron chi connectivity index (χ4n) is 4.24. The third-order valence-corrected chi connectivity index (χ3v) is 9.80. The van der Waals surface area contributed by atoms with Crippen LogP contribution in [0.25, 0.3) is 0 Å². The Morgan fingerprint density at radius 1 is 1.00 bits per heavy atom. The van der Waals surface area contributed by atoms with E-state index < -0.39 is 42.7 Å². The largest absolute Gasteiger partial charge is 0.274 e. The number of benzene rings is 1. The summed E-state index contributed by atoms with van der Waals surface area (Å²) in [6.07, 6.45) is 0. The van der Waals surface area contributed by atoms with Crippen LogP contribution in [0.15, 0.2) is 28.3 Å². The van der Waals surface area contributed by atoms with Gasteiger partial charge in [-0.05, 0) is 18.6 Å². The van der Waals surface area contributed by atoms with E-state index in [4.69, 9.17) is 69.6 Å². The third kappa shape index (κ3) is 1.99. The van der Waals surface area contributed by atoms with Crippen molar-refractivity contribution >= 4 is 92.8 Å². The summed E-state index contributed by atoms with van der Waals surface area (Å²) in [7, 11) is 0. The van der Waals surface area contributed by atoms with Crippen LogP contribution in [0.2, 0.25) is 0 Å².